The van der Waals surface area contributed by atoms with E-state index in [0.29, 0.717) is 6.42 Å². The van der Waals surface area contributed by atoms with Crippen molar-refractivity contribution >= 4 is 5.97 Å². The smallest absolute Gasteiger partial charge is 0.0414 e. The van der Waals surface area contributed by atoms with Crippen molar-refractivity contribution < 1.29 is 9.90 Å². The molecule has 0 amide bonds. The van der Waals surface area contributed by atoms with E-state index in [1.807, 2.05) is 12.1 Å². The van der Waals surface area contributed by atoms with Gasteiger partial charge in [-0.3, -0.25) is 4.98 Å². The first-order chi connectivity index (χ1) is 5.79. The summed E-state index contributed by atoms with van der Waals surface area (Å²) in [5.74, 6) is -0.982. The van der Waals surface area contributed by atoms with Gasteiger partial charge in [0.1, 0.15) is 0 Å². The van der Waals surface area contributed by atoms with E-state index in [9.17, 15) is 9.90 Å². The summed E-state index contributed by atoms with van der Waals surface area (Å²) in [4.78, 5) is 13.9. The zero-order chi connectivity index (χ0) is 8.81. The third-order valence-corrected chi connectivity index (χ3v) is 1.60. The van der Waals surface area contributed by atoms with Gasteiger partial charge >= 0.3 is 0 Å². The number of pyridine rings is 1. The van der Waals surface area contributed by atoms with Crippen molar-refractivity contribution in [1.82, 2.24) is 4.98 Å². The monoisotopic (exact) mass is 164 g/mol. The number of aromatic nitrogens is 1. The molecular formula is C9H10NO2-. The number of carbonyl (C=O) groups is 1. The van der Waals surface area contributed by atoms with Gasteiger partial charge in [0.25, 0.3) is 0 Å². The van der Waals surface area contributed by atoms with Crippen molar-refractivity contribution in [3.05, 3.63) is 30.1 Å². The van der Waals surface area contributed by atoms with E-state index in [4.69, 9.17) is 0 Å². The number of nitrogens with zero attached hydrogens (tertiary/aromatic N) is 1. The Morgan fingerprint density at radius 3 is 2.67 bits per heavy atom. The van der Waals surface area contributed by atoms with Gasteiger partial charge in [-0.1, -0.05) is 0 Å². The van der Waals surface area contributed by atoms with Crippen LogP contribution in [-0.4, -0.2) is 11.0 Å². The van der Waals surface area contributed by atoms with E-state index in [1.54, 1.807) is 12.4 Å². The standard InChI is InChI=1S/C9H11NO2/c11-9(12)3-1-2-8-4-6-10-7-5-8/h4-7H,1-3H2,(H,11,12)/p-1. The molecule has 12 heavy (non-hydrogen) atoms. The second-order valence-electron chi connectivity index (χ2n) is 2.58. The highest BCUT2D eigenvalue weighted by Crippen LogP contribution is 2.02. The average Bonchev–Trinajstić information content (AvgIpc) is 2.05. The van der Waals surface area contributed by atoms with Crippen molar-refractivity contribution in [2.45, 2.75) is 19.3 Å². The van der Waals surface area contributed by atoms with Gasteiger partial charge in [0.15, 0.2) is 0 Å². The molecular weight excluding hydrogens is 154 g/mol. The molecule has 1 aromatic rings. The first-order valence-corrected chi connectivity index (χ1v) is 3.88. The molecule has 0 aliphatic carbocycles. The molecule has 0 atom stereocenters. The Bertz CT molecular complexity index is 246. The summed E-state index contributed by atoms with van der Waals surface area (Å²) in [7, 11) is 0. The van der Waals surface area contributed by atoms with Gasteiger partial charge < -0.3 is 9.90 Å². The van der Waals surface area contributed by atoms with Gasteiger partial charge in [0.05, 0.1) is 0 Å². The van der Waals surface area contributed by atoms with E-state index in [-0.39, 0.29) is 6.42 Å². The number of rotatable bonds is 4. The number of hydrogen-bond acceptors (Lipinski definition) is 3. The largest absolute Gasteiger partial charge is 0.550 e. The summed E-state index contributed by atoms with van der Waals surface area (Å²) >= 11 is 0. The highest BCUT2D eigenvalue weighted by Gasteiger charge is 1.91. The lowest BCUT2D eigenvalue weighted by molar-refractivity contribution is -0.305. The first-order valence-electron chi connectivity index (χ1n) is 3.88. The molecule has 0 N–H and O–H groups in total. The molecule has 1 rings (SSSR count). The van der Waals surface area contributed by atoms with Crippen LogP contribution in [0.5, 0.6) is 0 Å². The summed E-state index contributed by atoms with van der Waals surface area (Å²) < 4.78 is 0. The van der Waals surface area contributed by atoms with Crippen LogP contribution in [0.25, 0.3) is 0 Å². The molecule has 0 unspecified atom stereocenters. The maximum absolute atomic E-state index is 10.1. The van der Waals surface area contributed by atoms with Crippen LogP contribution in [0, 0.1) is 0 Å². The fourth-order valence-corrected chi connectivity index (χ4v) is 0.986. The van der Waals surface area contributed by atoms with Gasteiger partial charge in [0.2, 0.25) is 0 Å². The Morgan fingerprint density at radius 1 is 1.42 bits per heavy atom. The highest BCUT2D eigenvalue weighted by atomic mass is 16.4. The van der Waals surface area contributed by atoms with Gasteiger partial charge in [-0.25, -0.2) is 0 Å². The molecule has 0 aliphatic rings. The van der Waals surface area contributed by atoms with Gasteiger partial charge in [-0.05, 0) is 37.0 Å². The van der Waals surface area contributed by atoms with Crippen LogP contribution in [0.2, 0.25) is 0 Å². The van der Waals surface area contributed by atoms with E-state index in [0.717, 1.165) is 12.0 Å². The van der Waals surface area contributed by atoms with Crippen molar-refractivity contribution in [3.63, 3.8) is 0 Å². The molecule has 0 radical (unpaired) electrons. The first kappa shape index (κ1) is 8.71. The van der Waals surface area contributed by atoms with E-state index in [1.165, 1.54) is 0 Å². The average molecular weight is 164 g/mol. The summed E-state index contributed by atoms with van der Waals surface area (Å²) in [6, 6.07) is 3.77. The fourth-order valence-electron chi connectivity index (χ4n) is 0.986. The minimum Gasteiger partial charge on any atom is -0.550 e. The number of carboxylic acids is 1. The van der Waals surface area contributed by atoms with Crippen molar-refractivity contribution in [2.75, 3.05) is 0 Å². The lowest BCUT2D eigenvalue weighted by atomic mass is 10.1. The number of aliphatic carboxylic acids is 1. The van der Waals surface area contributed by atoms with Crippen LogP contribution in [0.4, 0.5) is 0 Å². The Hall–Kier alpha value is -1.38. The SMILES string of the molecule is O=C([O-])CCCc1ccncc1. The molecule has 0 saturated carbocycles. The number of carboxylic acid groups (broad SMARTS) is 1. The quantitative estimate of drug-likeness (QED) is 0.636. The predicted molar refractivity (Wildman–Crippen MR) is 42.2 cm³/mol. The molecule has 0 bridgehead atoms. The highest BCUT2D eigenvalue weighted by molar-refractivity contribution is 5.64. The molecule has 0 aliphatic heterocycles. The predicted octanol–water partition coefficient (Wildman–Crippen LogP) is 0.154. The molecule has 1 aromatic heterocycles. The van der Waals surface area contributed by atoms with Crippen LogP contribution >= 0.6 is 0 Å². The Balaban J connectivity index is 2.29. The number of aryl methyl sites for hydroxylation is 1. The molecule has 3 heteroatoms. The Morgan fingerprint density at radius 2 is 2.08 bits per heavy atom. The molecule has 0 spiro atoms. The summed E-state index contributed by atoms with van der Waals surface area (Å²) in [6.07, 6.45) is 4.94. The lowest BCUT2D eigenvalue weighted by Gasteiger charge is -2.01. The minimum atomic E-state index is -0.982. The van der Waals surface area contributed by atoms with Crippen LogP contribution < -0.4 is 5.11 Å². The van der Waals surface area contributed by atoms with Crippen LogP contribution in [-0.2, 0) is 11.2 Å². The third-order valence-electron chi connectivity index (χ3n) is 1.60. The topological polar surface area (TPSA) is 53.0 Å². The number of carbonyl (C=O) groups excluding carboxylic acids is 1. The molecule has 64 valence electrons. The van der Waals surface area contributed by atoms with Gasteiger partial charge in [-0.15, -0.1) is 0 Å². The summed E-state index contributed by atoms with van der Waals surface area (Å²) in [6.45, 7) is 0. The van der Waals surface area contributed by atoms with Crippen molar-refractivity contribution in [2.24, 2.45) is 0 Å². The molecule has 1 heterocycles. The zero-order valence-electron chi connectivity index (χ0n) is 6.69. The molecule has 0 fully saturated rings. The van der Waals surface area contributed by atoms with Crippen molar-refractivity contribution in [1.29, 1.82) is 0 Å². The van der Waals surface area contributed by atoms with Crippen LogP contribution in [0.3, 0.4) is 0 Å². The number of hydrogen-bond donors (Lipinski definition) is 0. The van der Waals surface area contributed by atoms with E-state index in [2.05, 4.69) is 4.98 Å². The van der Waals surface area contributed by atoms with Gasteiger partial charge in [0, 0.05) is 18.4 Å². The molecule has 0 saturated heterocycles. The second-order valence-corrected chi connectivity index (χ2v) is 2.58. The van der Waals surface area contributed by atoms with Crippen molar-refractivity contribution in [3.8, 4) is 0 Å². The maximum atomic E-state index is 10.1. The summed E-state index contributed by atoms with van der Waals surface area (Å²) in [5, 5.41) is 10.1. The third kappa shape index (κ3) is 3.14. The zero-order valence-corrected chi connectivity index (χ0v) is 6.69. The molecule has 3 nitrogen and oxygen atoms in total. The second kappa shape index (κ2) is 4.49. The van der Waals surface area contributed by atoms with Gasteiger partial charge in [-0.2, -0.15) is 0 Å². The summed E-state index contributed by atoms with van der Waals surface area (Å²) in [5.41, 5.74) is 1.12. The van der Waals surface area contributed by atoms with Crippen LogP contribution in [0.15, 0.2) is 24.5 Å². The van der Waals surface area contributed by atoms with Crippen LogP contribution in [0.1, 0.15) is 18.4 Å². The normalized spacial score (nSPS) is 9.67. The van der Waals surface area contributed by atoms with E-state index < -0.39 is 5.97 Å². The fraction of sp³-hybridized carbons (Fsp3) is 0.333. The molecule has 0 aromatic carbocycles. The Labute approximate surface area is 71.1 Å². The van der Waals surface area contributed by atoms with E-state index >= 15 is 0 Å². The minimum absolute atomic E-state index is 0.127. The lowest BCUT2D eigenvalue weighted by Crippen LogP contribution is -2.21. The Kier molecular flexibility index (Phi) is 3.26. The maximum Gasteiger partial charge on any atom is 0.0414 e.